The zero-order valence-corrected chi connectivity index (χ0v) is 13.6. The molecule has 0 unspecified atom stereocenters. The van der Waals surface area contributed by atoms with Crippen LogP contribution in [0.2, 0.25) is 0 Å². The van der Waals surface area contributed by atoms with Gasteiger partial charge in [-0.05, 0) is 17.5 Å². The molecule has 2 aromatic rings. The number of halogens is 1. The second kappa shape index (κ2) is 6.91. The summed E-state index contributed by atoms with van der Waals surface area (Å²) in [6.45, 7) is 3.68. The normalized spacial score (nSPS) is 14.4. The highest BCUT2D eigenvalue weighted by Gasteiger charge is 2.15. The Kier molecular flexibility index (Phi) is 4.71. The standard InChI is InChI=1S/C17H22FN5/c1-22(2)16-15(18)11-20-17(21-16)19-8-10-23-9-7-13-5-3-4-6-14(13)12-23/h3-6,11H,7-10,12H2,1-2H3,(H,19,20,21). The Hall–Kier alpha value is -2.21. The van der Waals surface area contributed by atoms with Crippen LogP contribution in [0.5, 0.6) is 0 Å². The average molecular weight is 315 g/mol. The van der Waals surface area contributed by atoms with Gasteiger partial charge in [-0.1, -0.05) is 24.3 Å². The zero-order chi connectivity index (χ0) is 16.2. The molecule has 1 aromatic carbocycles. The molecule has 0 spiro atoms. The maximum absolute atomic E-state index is 13.6. The maximum Gasteiger partial charge on any atom is 0.224 e. The number of nitrogens with one attached hydrogen (secondary N) is 1. The minimum atomic E-state index is -0.409. The molecule has 2 heterocycles. The molecule has 1 aliphatic rings. The van der Waals surface area contributed by atoms with Crippen molar-refractivity contribution in [3.63, 3.8) is 0 Å². The summed E-state index contributed by atoms with van der Waals surface area (Å²) in [6, 6.07) is 8.60. The van der Waals surface area contributed by atoms with E-state index in [-0.39, 0.29) is 0 Å². The first-order valence-corrected chi connectivity index (χ1v) is 7.86. The Morgan fingerprint density at radius 2 is 2.04 bits per heavy atom. The van der Waals surface area contributed by atoms with Gasteiger partial charge < -0.3 is 10.2 Å². The van der Waals surface area contributed by atoms with Crippen LogP contribution in [0.3, 0.4) is 0 Å². The van der Waals surface area contributed by atoms with Gasteiger partial charge in [-0.3, -0.25) is 4.90 Å². The lowest BCUT2D eigenvalue weighted by Crippen LogP contribution is -2.34. The highest BCUT2D eigenvalue weighted by atomic mass is 19.1. The van der Waals surface area contributed by atoms with Crippen molar-refractivity contribution in [3.05, 3.63) is 47.4 Å². The van der Waals surface area contributed by atoms with E-state index in [0.717, 1.165) is 32.6 Å². The summed E-state index contributed by atoms with van der Waals surface area (Å²) in [5, 5.41) is 3.18. The average Bonchev–Trinajstić information content (AvgIpc) is 2.56. The number of hydrogen-bond acceptors (Lipinski definition) is 5. The van der Waals surface area contributed by atoms with Gasteiger partial charge in [0, 0.05) is 40.3 Å². The van der Waals surface area contributed by atoms with Crippen LogP contribution in [-0.2, 0) is 13.0 Å². The Labute approximate surface area is 136 Å². The molecule has 0 bridgehead atoms. The number of hydrogen-bond donors (Lipinski definition) is 1. The number of benzene rings is 1. The third kappa shape index (κ3) is 3.76. The fourth-order valence-electron chi connectivity index (χ4n) is 2.83. The van der Waals surface area contributed by atoms with Gasteiger partial charge in [0.15, 0.2) is 11.6 Å². The molecule has 0 saturated carbocycles. The fourth-order valence-corrected chi connectivity index (χ4v) is 2.83. The van der Waals surface area contributed by atoms with Gasteiger partial charge in [-0.15, -0.1) is 0 Å². The zero-order valence-electron chi connectivity index (χ0n) is 13.6. The largest absolute Gasteiger partial charge is 0.360 e. The van der Waals surface area contributed by atoms with Crippen molar-refractivity contribution in [2.45, 2.75) is 13.0 Å². The lowest BCUT2D eigenvalue weighted by Gasteiger charge is -2.28. The minimum Gasteiger partial charge on any atom is -0.360 e. The van der Waals surface area contributed by atoms with Crippen molar-refractivity contribution in [3.8, 4) is 0 Å². The summed E-state index contributed by atoms with van der Waals surface area (Å²) in [4.78, 5) is 12.2. The third-order valence-corrected chi connectivity index (χ3v) is 4.07. The summed E-state index contributed by atoms with van der Waals surface area (Å²) < 4.78 is 13.6. The third-order valence-electron chi connectivity index (χ3n) is 4.07. The van der Waals surface area contributed by atoms with Crippen molar-refractivity contribution in [2.24, 2.45) is 0 Å². The Bertz CT molecular complexity index is 674. The molecule has 1 aliphatic heterocycles. The van der Waals surface area contributed by atoms with Gasteiger partial charge in [0.1, 0.15) is 0 Å². The molecule has 1 N–H and O–H groups in total. The van der Waals surface area contributed by atoms with Gasteiger partial charge in [-0.2, -0.15) is 4.98 Å². The lowest BCUT2D eigenvalue weighted by molar-refractivity contribution is 0.264. The van der Waals surface area contributed by atoms with E-state index in [0.29, 0.717) is 11.8 Å². The topological polar surface area (TPSA) is 44.3 Å². The van der Waals surface area contributed by atoms with Crippen molar-refractivity contribution in [1.29, 1.82) is 0 Å². The second-order valence-electron chi connectivity index (χ2n) is 5.98. The van der Waals surface area contributed by atoms with E-state index >= 15 is 0 Å². The van der Waals surface area contributed by atoms with Crippen molar-refractivity contribution < 1.29 is 4.39 Å². The molecule has 0 atom stereocenters. The van der Waals surface area contributed by atoms with Crippen molar-refractivity contribution in [2.75, 3.05) is 43.9 Å². The summed E-state index contributed by atoms with van der Waals surface area (Å²) in [5.41, 5.74) is 2.86. The SMILES string of the molecule is CN(C)c1nc(NCCN2CCc3ccccc3C2)ncc1F. The van der Waals surface area contributed by atoms with E-state index < -0.39 is 5.82 Å². The van der Waals surface area contributed by atoms with Gasteiger partial charge in [0.2, 0.25) is 5.95 Å². The Morgan fingerprint density at radius 1 is 1.26 bits per heavy atom. The van der Waals surface area contributed by atoms with E-state index in [9.17, 15) is 4.39 Å². The second-order valence-corrected chi connectivity index (χ2v) is 5.98. The van der Waals surface area contributed by atoms with Crippen molar-refractivity contribution in [1.82, 2.24) is 14.9 Å². The molecule has 1 aromatic heterocycles. The minimum absolute atomic E-state index is 0.300. The molecule has 0 fully saturated rings. The number of fused-ring (bicyclic) bond motifs is 1. The summed E-state index contributed by atoms with van der Waals surface area (Å²) >= 11 is 0. The van der Waals surface area contributed by atoms with Gasteiger partial charge >= 0.3 is 0 Å². The summed E-state index contributed by atoms with van der Waals surface area (Å²) in [6.07, 6.45) is 2.30. The van der Waals surface area contributed by atoms with Crippen LogP contribution in [0.1, 0.15) is 11.1 Å². The molecular weight excluding hydrogens is 293 g/mol. The molecule has 6 heteroatoms. The van der Waals surface area contributed by atoms with E-state index in [1.165, 1.54) is 17.3 Å². The first-order chi connectivity index (χ1) is 11.1. The first-order valence-electron chi connectivity index (χ1n) is 7.86. The van der Waals surface area contributed by atoms with Gasteiger partial charge in [0.05, 0.1) is 6.20 Å². The monoisotopic (exact) mass is 315 g/mol. The first kappa shape index (κ1) is 15.7. The van der Waals surface area contributed by atoms with Crippen LogP contribution in [0.15, 0.2) is 30.5 Å². The number of anilines is 2. The molecule has 23 heavy (non-hydrogen) atoms. The Morgan fingerprint density at radius 3 is 2.83 bits per heavy atom. The van der Waals surface area contributed by atoms with Crippen molar-refractivity contribution >= 4 is 11.8 Å². The van der Waals surface area contributed by atoms with E-state index in [1.807, 2.05) is 0 Å². The summed E-state index contributed by atoms with van der Waals surface area (Å²) in [5.74, 6) is 0.357. The van der Waals surface area contributed by atoms with E-state index in [4.69, 9.17) is 0 Å². The number of rotatable bonds is 5. The molecule has 0 saturated heterocycles. The van der Waals surface area contributed by atoms with E-state index in [1.54, 1.807) is 19.0 Å². The quantitative estimate of drug-likeness (QED) is 0.916. The van der Waals surface area contributed by atoms with Gasteiger partial charge in [-0.25, -0.2) is 9.37 Å². The molecule has 3 rings (SSSR count). The van der Waals surface area contributed by atoms with Crippen LogP contribution < -0.4 is 10.2 Å². The smallest absolute Gasteiger partial charge is 0.224 e. The van der Waals surface area contributed by atoms with Crippen LogP contribution in [0.4, 0.5) is 16.2 Å². The van der Waals surface area contributed by atoms with Crippen LogP contribution in [-0.4, -0.2) is 48.6 Å². The Balaban J connectivity index is 1.53. The van der Waals surface area contributed by atoms with Crippen LogP contribution in [0, 0.1) is 5.82 Å². The fraction of sp³-hybridized carbons (Fsp3) is 0.412. The van der Waals surface area contributed by atoms with Crippen LogP contribution in [0.25, 0.3) is 0 Å². The molecular formula is C17H22FN5. The molecule has 0 amide bonds. The number of nitrogens with zero attached hydrogens (tertiary/aromatic N) is 4. The molecule has 0 aliphatic carbocycles. The van der Waals surface area contributed by atoms with Crippen LogP contribution >= 0.6 is 0 Å². The molecule has 0 radical (unpaired) electrons. The lowest BCUT2D eigenvalue weighted by atomic mass is 10.00. The predicted molar refractivity (Wildman–Crippen MR) is 90.2 cm³/mol. The van der Waals surface area contributed by atoms with Gasteiger partial charge in [0.25, 0.3) is 0 Å². The highest BCUT2D eigenvalue weighted by Crippen LogP contribution is 2.18. The summed E-state index contributed by atoms with van der Waals surface area (Å²) in [7, 11) is 3.53. The maximum atomic E-state index is 13.6. The van der Waals surface area contributed by atoms with E-state index in [2.05, 4.69) is 44.5 Å². The molecule has 5 nitrogen and oxygen atoms in total. The highest BCUT2D eigenvalue weighted by molar-refractivity contribution is 5.42. The number of aromatic nitrogens is 2. The predicted octanol–water partition coefficient (Wildman–Crippen LogP) is 2.15. The molecule has 122 valence electrons.